The van der Waals surface area contributed by atoms with Crippen molar-refractivity contribution in [1.82, 2.24) is 5.43 Å². The Bertz CT molecular complexity index is 808. The van der Waals surface area contributed by atoms with Gasteiger partial charge in [-0.2, -0.15) is 5.10 Å². The standard InChI is InChI=1S/C19H21ClN2O4/c1-12-9-15(20)6-8-16(12)26-13(2)19(23)22-21-11-14-5-7-17(24-3)18(10-14)25-4/h5-11,13H,1-4H3,(H,22,23)/b21-11+. The molecule has 0 saturated carbocycles. The van der Waals surface area contributed by atoms with Crippen LogP contribution in [0, 0.1) is 6.92 Å². The molecule has 0 fully saturated rings. The third-order valence-electron chi connectivity index (χ3n) is 3.61. The zero-order chi connectivity index (χ0) is 19.1. The predicted octanol–water partition coefficient (Wildman–Crippen LogP) is 3.58. The number of hydrogen-bond acceptors (Lipinski definition) is 5. The third kappa shape index (κ3) is 5.13. The van der Waals surface area contributed by atoms with Gasteiger partial charge in [0.05, 0.1) is 20.4 Å². The molecule has 1 amide bonds. The van der Waals surface area contributed by atoms with Gasteiger partial charge >= 0.3 is 0 Å². The summed E-state index contributed by atoms with van der Waals surface area (Å²) in [6.45, 7) is 3.51. The minimum absolute atomic E-state index is 0.365. The topological polar surface area (TPSA) is 69.2 Å². The summed E-state index contributed by atoms with van der Waals surface area (Å²) in [7, 11) is 3.12. The molecule has 0 spiro atoms. The van der Waals surface area contributed by atoms with Crippen molar-refractivity contribution in [2.24, 2.45) is 5.10 Å². The number of aryl methyl sites for hydroxylation is 1. The van der Waals surface area contributed by atoms with E-state index in [1.807, 2.05) is 6.92 Å². The van der Waals surface area contributed by atoms with Gasteiger partial charge < -0.3 is 14.2 Å². The lowest BCUT2D eigenvalue weighted by atomic mass is 10.2. The van der Waals surface area contributed by atoms with Crippen LogP contribution in [0.15, 0.2) is 41.5 Å². The van der Waals surface area contributed by atoms with E-state index in [2.05, 4.69) is 10.5 Å². The van der Waals surface area contributed by atoms with Gasteiger partial charge in [0.15, 0.2) is 17.6 Å². The van der Waals surface area contributed by atoms with Crippen LogP contribution in [-0.2, 0) is 4.79 Å². The summed E-state index contributed by atoms with van der Waals surface area (Å²) in [5, 5.41) is 4.57. The maximum Gasteiger partial charge on any atom is 0.280 e. The van der Waals surface area contributed by atoms with E-state index in [0.29, 0.717) is 22.3 Å². The molecule has 0 radical (unpaired) electrons. The first-order chi connectivity index (χ1) is 12.4. The van der Waals surface area contributed by atoms with Crippen molar-refractivity contribution in [2.75, 3.05) is 14.2 Å². The van der Waals surface area contributed by atoms with Gasteiger partial charge in [0.1, 0.15) is 5.75 Å². The van der Waals surface area contributed by atoms with Crippen LogP contribution in [0.1, 0.15) is 18.1 Å². The highest BCUT2D eigenvalue weighted by Gasteiger charge is 2.15. The van der Waals surface area contributed by atoms with Crippen LogP contribution in [-0.4, -0.2) is 32.4 Å². The van der Waals surface area contributed by atoms with E-state index < -0.39 is 6.10 Å². The lowest BCUT2D eigenvalue weighted by molar-refractivity contribution is -0.127. The van der Waals surface area contributed by atoms with Crippen molar-refractivity contribution in [2.45, 2.75) is 20.0 Å². The SMILES string of the molecule is COc1ccc(/C=N/NC(=O)C(C)Oc2ccc(Cl)cc2C)cc1OC. The number of rotatable bonds is 7. The molecule has 2 aromatic rings. The first-order valence-corrected chi connectivity index (χ1v) is 8.30. The summed E-state index contributed by atoms with van der Waals surface area (Å²) in [5.74, 6) is 1.43. The van der Waals surface area contributed by atoms with Crippen molar-refractivity contribution in [3.8, 4) is 17.2 Å². The number of hydrogen-bond donors (Lipinski definition) is 1. The highest BCUT2D eigenvalue weighted by molar-refractivity contribution is 6.30. The molecule has 1 N–H and O–H groups in total. The molecule has 2 aromatic carbocycles. The summed E-state index contributed by atoms with van der Waals surface area (Å²) in [4.78, 5) is 12.1. The highest BCUT2D eigenvalue weighted by atomic mass is 35.5. The zero-order valence-corrected chi connectivity index (χ0v) is 15.8. The quantitative estimate of drug-likeness (QED) is 0.592. The average Bonchev–Trinajstić information content (AvgIpc) is 2.63. The fraction of sp³-hybridized carbons (Fsp3) is 0.263. The monoisotopic (exact) mass is 376 g/mol. The summed E-state index contributed by atoms with van der Waals surface area (Å²) >= 11 is 5.91. The van der Waals surface area contributed by atoms with Crippen molar-refractivity contribution in [3.63, 3.8) is 0 Å². The number of amides is 1. The molecule has 7 heteroatoms. The molecular formula is C19H21ClN2O4. The van der Waals surface area contributed by atoms with Crippen LogP contribution < -0.4 is 19.6 Å². The Balaban J connectivity index is 1.95. The number of nitrogens with one attached hydrogen (secondary N) is 1. The number of methoxy groups -OCH3 is 2. The number of carbonyl (C=O) groups excluding carboxylic acids is 1. The highest BCUT2D eigenvalue weighted by Crippen LogP contribution is 2.27. The predicted molar refractivity (Wildman–Crippen MR) is 102 cm³/mol. The van der Waals surface area contributed by atoms with Gasteiger partial charge in [-0.15, -0.1) is 0 Å². The van der Waals surface area contributed by atoms with E-state index in [9.17, 15) is 4.79 Å². The minimum atomic E-state index is -0.711. The minimum Gasteiger partial charge on any atom is -0.493 e. The molecule has 6 nitrogen and oxygen atoms in total. The largest absolute Gasteiger partial charge is 0.493 e. The first-order valence-electron chi connectivity index (χ1n) is 7.92. The first kappa shape index (κ1) is 19.6. The van der Waals surface area contributed by atoms with Crippen LogP contribution in [0.5, 0.6) is 17.2 Å². The molecule has 0 aliphatic rings. The van der Waals surface area contributed by atoms with Gasteiger partial charge in [0.2, 0.25) is 0 Å². The van der Waals surface area contributed by atoms with Crippen molar-refractivity contribution in [3.05, 3.63) is 52.5 Å². The number of hydrazone groups is 1. The van der Waals surface area contributed by atoms with Gasteiger partial charge in [-0.05, 0) is 61.4 Å². The van der Waals surface area contributed by atoms with Gasteiger partial charge in [0.25, 0.3) is 5.91 Å². The number of benzene rings is 2. The Labute approximate surface area is 157 Å². The maximum atomic E-state index is 12.1. The van der Waals surface area contributed by atoms with E-state index in [1.165, 1.54) is 6.21 Å². The van der Waals surface area contributed by atoms with Crippen molar-refractivity contribution >= 4 is 23.7 Å². The molecular weight excluding hydrogens is 356 g/mol. The van der Waals surface area contributed by atoms with E-state index >= 15 is 0 Å². The van der Waals surface area contributed by atoms with Crippen LogP contribution in [0.3, 0.4) is 0 Å². The number of nitrogens with zero attached hydrogens (tertiary/aromatic N) is 1. The Hall–Kier alpha value is -2.73. The van der Waals surface area contributed by atoms with Gasteiger partial charge in [-0.1, -0.05) is 11.6 Å². The van der Waals surface area contributed by atoms with E-state index in [1.54, 1.807) is 57.5 Å². The Morgan fingerprint density at radius 1 is 1.12 bits per heavy atom. The van der Waals surface area contributed by atoms with E-state index in [-0.39, 0.29) is 5.91 Å². The zero-order valence-electron chi connectivity index (χ0n) is 15.1. The molecule has 0 aromatic heterocycles. The molecule has 0 aliphatic carbocycles. The lowest BCUT2D eigenvalue weighted by Gasteiger charge is -2.15. The smallest absolute Gasteiger partial charge is 0.280 e. The van der Waals surface area contributed by atoms with Crippen molar-refractivity contribution < 1.29 is 19.0 Å². The van der Waals surface area contributed by atoms with E-state index in [4.69, 9.17) is 25.8 Å². The molecule has 1 unspecified atom stereocenters. The van der Waals surface area contributed by atoms with Crippen LogP contribution >= 0.6 is 11.6 Å². The van der Waals surface area contributed by atoms with Crippen LogP contribution in [0.25, 0.3) is 0 Å². The van der Waals surface area contributed by atoms with E-state index in [0.717, 1.165) is 11.1 Å². The second-order valence-corrected chi connectivity index (χ2v) is 5.96. The normalized spacial score (nSPS) is 11.9. The molecule has 0 heterocycles. The number of carbonyl (C=O) groups is 1. The molecule has 0 bridgehead atoms. The van der Waals surface area contributed by atoms with Gasteiger partial charge in [-0.25, -0.2) is 5.43 Å². The number of ether oxygens (including phenoxy) is 3. The molecule has 0 saturated heterocycles. The fourth-order valence-electron chi connectivity index (χ4n) is 2.18. The Morgan fingerprint density at radius 3 is 2.46 bits per heavy atom. The van der Waals surface area contributed by atoms with Gasteiger partial charge in [0, 0.05) is 5.02 Å². The van der Waals surface area contributed by atoms with Crippen LogP contribution in [0.2, 0.25) is 5.02 Å². The fourth-order valence-corrected chi connectivity index (χ4v) is 2.41. The molecule has 2 rings (SSSR count). The summed E-state index contributed by atoms with van der Waals surface area (Å²) in [6, 6.07) is 10.5. The second kappa shape index (κ2) is 9.10. The Morgan fingerprint density at radius 2 is 1.81 bits per heavy atom. The lowest BCUT2D eigenvalue weighted by Crippen LogP contribution is -2.33. The molecule has 138 valence electrons. The molecule has 1 atom stereocenters. The third-order valence-corrected chi connectivity index (χ3v) is 3.84. The van der Waals surface area contributed by atoms with Crippen molar-refractivity contribution in [1.29, 1.82) is 0 Å². The number of halogens is 1. The average molecular weight is 377 g/mol. The maximum absolute atomic E-state index is 12.1. The molecule has 0 aliphatic heterocycles. The second-order valence-electron chi connectivity index (χ2n) is 5.52. The molecule has 26 heavy (non-hydrogen) atoms. The summed E-state index contributed by atoms with van der Waals surface area (Å²) < 4.78 is 16.1. The Kier molecular flexibility index (Phi) is 6.86. The van der Waals surface area contributed by atoms with Crippen LogP contribution in [0.4, 0.5) is 0 Å². The summed E-state index contributed by atoms with van der Waals surface area (Å²) in [5.41, 5.74) is 4.06. The van der Waals surface area contributed by atoms with Gasteiger partial charge in [-0.3, -0.25) is 4.79 Å². The summed E-state index contributed by atoms with van der Waals surface area (Å²) in [6.07, 6.45) is 0.803.